The normalized spacial score (nSPS) is 11.8. The summed E-state index contributed by atoms with van der Waals surface area (Å²) >= 11 is 0. The Morgan fingerprint density at radius 3 is 2.42 bits per heavy atom. The average Bonchev–Trinajstić information content (AvgIpc) is 2.61. The Balaban J connectivity index is 1.83. The van der Waals surface area contributed by atoms with E-state index in [4.69, 9.17) is 14.2 Å². The van der Waals surface area contributed by atoms with Gasteiger partial charge in [0.05, 0.1) is 13.2 Å². The van der Waals surface area contributed by atoms with E-state index in [1.54, 1.807) is 7.11 Å². The largest absolute Gasteiger partial charge is 0.491 e. The third-order valence-electron chi connectivity index (χ3n) is 3.79. The van der Waals surface area contributed by atoms with Gasteiger partial charge in [-0.1, -0.05) is 25.1 Å². The van der Waals surface area contributed by atoms with Gasteiger partial charge in [-0.3, -0.25) is 0 Å². The molecule has 4 nitrogen and oxygen atoms in total. The summed E-state index contributed by atoms with van der Waals surface area (Å²) in [4.78, 5) is 0. The molecule has 2 rings (SSSR count). The third-order valence-corrected chi connectivity index (χ3v) is 3.79. The summed E-state index contributed by atoms with van der Waals surface area (Å²) in [6.07, 6.45) is 1.07. The fourth-order valence-electron chi connectivity index (χ4n) is 2.28. The van der Waals surface area contributed by atoms with E-state index < -0.39 is 0 Å². The minimum Gasteiger partial charge on any atom is -0.491 e. The highest BCUT2D eigenvalue weighted by molar-refractivity contribution is 5.46. The van der Waals surface area contributed by atoms with E-state index in [0.717, 1.165) is 35.7 Å². The Morgan fingerprint density at radius 1 is 1.00 bits per heavy atom. The Bertz CT molecular complexity index is 598. The van der Waals surface area contributed by atoms with Gasteiger partial charge in [-0.25, -0.2) is 0 Å². The van der Waals surface area contributed by atoms with Crippen molar-refractivity contribution in [1.29, 1.82) is 0 Å². The monoisotopic (exact) mass is 329 g/mol. The maximum absolute atomic E-state index is 6.10. The predicted octanol–water partition coefficient (Wildman–Crippen LogP) is 4.29. The molecule has 0 saturated carbocycles. The van der Waals surface area contributed by atoms with Crippen LogP contribution in [-0.4, -0.2) is 33.0 Å². The second kappa shape index (κ2) is 9.83. The van der Waals surface area contributed by atoms with E-state index in [2.05, 4.69) is 25.2 Å². The smallest absolute Gasteiger partial charge is 0.122 e. The molecule has 0 unspecified atom stereocenters. The van der Waals surface area contributed by atoms with Gasteiger partial charge in [0.25, 0.3) is 0 Å². The van der Waals surface area contributed by atoms with E-state index in [-0.39, 0.29) is 6.10 Å². The number of rotatable bonds is 10. The molecule has 0 aromatic heterocycles. The molecule has 0 saturated heterocycles. The Hall–Kier alpha value is -2.20. The molecule has 2 aromatic carbocycles. The van der Waals surface area contributed by atoms with Gasteiger partial charge in [0, 0.05) is 12.8 Å². The Labute approximate surface area is 144 Å². The molecule has 24 heavy (non-hydrogen) atoms. The minimum absolute atomic E-state index is 0.128. The zero-order chi connectivity index (χ0) is 17.2. The van der Waals surface area contributed by atoms with Crippen molar-refractivity contribution in [3.05, 3.63) is 54.1 Å². The SMILES string of the molecule is CC[C@H](CNc1ccc(OCCOC)cc1)Oc1ccccc1C. The average molecular weight is 329 g/mol. The maximum atomic E-state index is 6.10. The van der Waals surface area contributed by atoms with Gasteiger partial charge in [-0.05, 0) is 49.2 Å². The van der Waals surface area contributed by atoms with E-state index in [1.165, 1.54) is 0 Å². The highest BCUT2D eigenvalue weighted by atomic mass is 16.5. The summed E-state index contributed by atoms with van der Waals surface area (Å²) in [5.41, 5.74) is 2.22. The minimum atomic E-state index is 0.128. The molecule has 1 N–H and O–H groups in total. The van der Waals surface area contributed by atoms with Crippen molar-refractivity contribution in [1.82, 2.24) is 0 Å². The van der Waals surface area contributed by atoms with E-state index in [0.29, 0.717) is 13.2 Å². The van der Waals surface area contributed by atoms with Gasteiger partial charge in [0.2, 0.25) is 0 Å². The number of ether oxygens (including phenoxy) is 3. The van der Waals surface area contributed by atoms with Gasteiger partial charge in [-0.15, -0.1) is 0 Å². The van der Waals surface area contributed by atoms with Gasteiger partial charge < -0.3 is 19.5 Å². The summed E-state index contributed by atoms with van der Waals surface area (Å²) in [5.74, 6) is 1.80. The number of para-hydroxylation sites is 1. The second-order valence-electron chi connectivity index (χ2n) is 5.66. The van der Waals surface area contributed by atoms with Crippen molar-refractivity contribution < 1.29 is 14.2 Å². The lowest BCUT2D eigenvalue weighted by Crippen LogP contribution is -2.25. The molecule has 1 atom stereocenters. The molecule has 0 bridgehead atoms. The molecule has 0 spiro atoms. The lowest BCUT2D eigenvalue weighted by atomic mass is 10.2. The molecule has 0 amide bonds. The van der Waals surface area contributed by atoms with Crippen molar-refractivity contribution in [2.75, 3.05) is 32.2 Å². The Morgan fingerprint density at radius 2 is 1.75 bits per heavy atom. The van der Waals surface area contributed by atoms with Crippen molar-refractivity contribution in [3.8, 4) is 11.5 Å². The van der Waals surface area contributed by atoms with Crippen LogP contribution in [0.25, 0.3) is 0 Å². The van der Waals surface area contributed by atoms with Crippen LogP contribution in [0, 0.1) is 6.92 Å². The van der Waals surface area contributed by atoms with Crippen LogP contribution in [0.1, 0.15) is 18.9 Å². The van der Waals surface area contributed by atoms with E-state index in [9.17, 15) is 0 Å². The highest BCUT2D eigenvalue weighted by Gasteiger charge is 2.09. The van der Waals surface area contributed by atoms with Crippen LogP contribution in [0.5, 0.6) is 11.5 Å². The standard InChI is InChI=1S/C20H27NO3/c1-4-18(24-20-8-6-5-7-16(20)2)15-21-17-9-11-19(12-10-17)23-14-13-22-3/h5-12,18,21H,4,13-15H2,1-3H3/t18-/m1/s1. The fourth-order valence-corrected chi connectivity index (χ4v) is 2.28. The molecule has 4 heteroatoms. The fraction of sp³-hybridized carbons (Fsp3) is 0.400. The molecule has 0 heterocycles. The topological polar surface area (TPSA) is 39.7 Å². The van der Waals surface area contributed by atoms with E-state index >= 15 is 0 Å². The van der Waals surface area contributed by atoms with Crippen LogP contribution in [0.2, 0.25) is 0 Å². The maximum Gasteiger partial charge on any atom is 0.122 e. The number of benzene rings is 2. The van der Waals surface area contributed by atoms with Crippen molar-refractivity contribution >= 4 is 5.69 Å². The van der Waals surface area contributed by atoms with Crippen LogP contribution >= 0.6 is 0 Å². The Kier molecular flexibility index (Phi) is 7.43. The second-order valence-corrected chi connectivity index (χ2v) is 5.66. The molecule has 0 aliphatic heterocycles. The zero-order valence-corrected chi connectivity index (χ0v) is 14.7. The number of hydrogen-bond acceptors (Lipinski definition) is 4. The number of methoxy groups -OCH3 is 1. The lowest BCUT2D eigenvalue weighted by Gasteiger charge is -2.20. The molecule has 0 radical (unpaired) electrons. The first-order valence-corrected chi connectivity index (χ1v) is 8.41. The molecule has 0 aliphatic carbocycles. The molecular formula is C20H27NO3. The van der Waals surface area contributed by atoms with Gasteiger partial charge in [0.15, 0.2) is 0 Å². The first kappa shape index (κ1) is 18.1. The molecule has 0 fully saturated rings. The zero-order valence-electron chi connectivity index (χ0n) is 14.7. The summed E-state index contributed by atoms with van der Waals surface area (Å²) < 4.78 is 16.6. The third kappa shape index (κ3) is 5.78. The van der Waals surface area contributed by atoms with Crippen LogP contribution in [0.3, 0.4) is 0 Å². The summed E-state index contributed by atoms with van der Waals surface area (Å²) in [6.45, 7) is 6.11. The number of hydrogen-bond donors (Lipinski definition) is 1. The van der Waals surface area contributed by atoms with Crippen molar-refractivity contribution in [2.24, 2.45) is 0 Å². The summed E-state index contributed by atoms with van der Waals surface area (Å²) in [5, 5.41) is 3.42. The predicted molar refractivity (Wildman–Crippen MR) is 98.2 cm³/mol. The van der Waals surface area contributed by atoms with Crippen LogP contribution in [0.4, 0.5) is 5.69 Å². The van der Waals surface area contributed by atoms with Crippen LogP contribution < -0.4 is 14.8 Å². The first-order valence-electron chi connectivity index (χ1n) is 8.41. The van der Waals surface area contributed by atoms with Crippen molar-refractivity contribution in [2.45, 2.75) is 26.4 Å². The molecule has 0 aliphatic rings. The lowest BCUT2D eigenvalue weighted by molar-refractivity contribution is 0.146. The quantitative estimate of drug-likeness (QED) is 0.660. The summed E-state index contributed by atoms with van der Waals surface area (Å²) in [6, 6.07) is 16.1. The first-order chi connectivity index (χ1) is 11.7. The van der Waals surface area contributed by atoms with Crippen LogP contribution in [-0.2, 0) is 4.74 Å². The van der Waals surface area contributed by atoms with Crippen LogP contribution in [0.15, 0.2) is 48.5 Å². The number of anilines is 1. The highest BCUT2D eigenvalue weighted by Crippen LogP contribution is 2.20. The molecule has 130 valence electrons. The molecular weight excluding hydrogens is 302 g/mol. The van der Waals surface area contributed by atoms with E-state index in [1.807, 2.05) is 42.5 Å². The number of nitrogens with one attached hydrogen (secondary N) is 1. The summed E-state index contributed by atoms with van der Waals surface area (Å²) in [7, 11) is 1.67. The van der Waals surface area contributed by atoms with Gasteiger partial charge >= 0.3 is 0 Å². The van der Waals surface area contributed by atoms with Gasteiger partial charge in [0.1, 0.15) is 24.2 Å². The van der Waals surface area contributed by atoms with Gasteiger partial charge in [-0.2, -0.15) is 0 Å². The number of aryl methyl sites for hydroxylation is 1. The van der Waals surface area contributed by atoms with Crippen molar-refractivity contribution in [3.63, 3.8) is 0 Å². The molecule has 2 aromatic rings.